The number of thiol groups is 1. The van der Waals surface area contributed by atoms with E-state index >= 15 is 0 Å². The molecular weight excluding hydrogens is 178 g/mol. The Balaban J connectivity index is 3.77. The highest BCUT2D eigenvalue weighted by atomic mass is 32.2. The van der Waals surface area contributed by atoms with E-state index in [1.807, 2.05) is 13.8 Å². The van der Waals surface area contributed by atoms with E-state index in [9.17, 15) is 8.42 Å². The first-order valence-corrected chi connectivity index (χ1v) is 4.71. The Morgan fingerprint density at radius 3 is 2.58 bits per heavy atom. The topological polar surface area (TPSA) is 55.4 Å². The third-order valence-corrected chi connectivity index (χ3v) is 1.60. The van der Waals surface area contributed by atoms with Gasteiger partial charge in [-0.2, -0.15) is 0 Å². The molecule has 5 heteroatoms. The lowest BCUT2D eigenvalue weighted by Crippen LogP contribution is -2.43. The molecular formula is C7H15NO3S. The summed E-state index contributed by atoms with van der Waals surface area (Å²) in [4.78, 5) is 0. The molecule has 12 heavy (non-hydrogen) atoms. The number of hydrogen-bond acceptors (Lipinski definition) is 4. The van der Waals surface area contributed by atoms with Gasteiger partial charge in [-0.3, -0.25) is 4.18 Å². The monoisotopic (exact) mass is 193 g/mol. The van der Waals surface area contributed by atoms with Crippen molar-refractivity contribution in [2.24, 2.45) is 0 Å². The van der Waals surface area contributed by atoms with Gasteiger partial charge in [0.25, 0.3) is 11.0 Å². The second kappa shape index (κ2) is 5.29. The van der Waals surface area contributed by atoms with Crippen molar-refractivity contribution < 1.29 is 12.6 Å². The van der Waals surface area contributed by atoms with Gasteiger partial charge in [0.05, 0.1) is 6.61 Å². The minimum Gasteiger partial charge on any atom is -0.306 e. The highest BCUT2D eigenvalue weighted by Gasteiger charge is 2.16. The normalized spacial score (nSPS) is 11.9. The van der Waals surface area contributed by atoms with Crippen LogP contribution in [0.15, 0.2) is 12.7 Å². The average Bonchev–Trinajstić information content (AvgIpc) is 1.98. The largest absolute Gasteiger partial charge is 0.306 e. The Morgan fingerprint density at radius 1 is 1.58 bits per heavy atom. The van der Waals surface area contributed by atoms with Crippen LogP contribution in [0, 0.1) is 0 Å². The van der Waals surface area contributed by atoms with Crippen molar-refractivity contribution in [2.45, 2.75) is 19.4 Å². The van der Waals surface area contributed by atoms with Crippen LogP contribution in [0.4, 0.5) is 0 Å². The van der Waals surface area contributed by atoms with Crippen LogP contribution >= 0.6 is 0 Å². The Labute approximate surface area is 74.8 Å². The number of rotatable bonds is 6. The summed E-state index contributed by atoms with van der Waals surface area (Å²) >= 11 is 0. The Morgan fingerprint density at radius 2 is 2.17 bits per heavy atom. The first-order valence-electron chi connectivity index (χ1n) is 3.61. The molecule has 0 spiro atoms. The van der Waals surface area contributed by atoms with Gasteiger partial charge in [-0.05, 0) is 13.8 Å². The fraction of sp³-hybridized carbons (Fsp3) is 0.714. The molecule has 0 aliphatic rings. The molecule has 72 valence electrons. The molecule has 0 aromatic carbocycles. The summed E-state index contributed by atoms with van der Waals surface area (Å²) in [6.45, 7) is 8.02. The fourth-order valence-electron chi connectivity index (χ4n) is 0.614. The highest BCUT2D eigenvalue weighted by Crippen LogP contribution is 2.01. The molecule has 0 aromatic heterocycles. The second-order valence-electron chi connectivity index (χ2n) is 3.05. The third kappa shape index (κ3) is 6.33. The van der Waals surface area contributed by atoms with E-state index in [0.717, 1.165) is 0 Å². The zero-order chi connectivity index (χ0) is 9.61. The second-order valence-corrected chi connectivity index (χ2v) is 3.76. The van der Waals surface area contributed by atoms with Gasteiger partial charge in [0.15, 0.2) is 0 Å². The van der Waals surface area contributed by atoms with Crippen LogP contribution in [0.1, 0.15) is 13.8 Å². The molecule has 0 aromatic rings. The molecule has 0 atom stereocenters. The lowest BCUT2D eigenvalue weighted by Gasteiger charge is -2.23. The predicted molar refractivity (Wildman–Crippen MR) is 48.5 cm³/mol. The molecule has 0 amide bonds. The first-order chi connectivity index (χ1) is 5.48. The van der Waals surface area contributed by atoms with Gasteiger partial charge in [0.2, 0.25) is 0 Å². The smallest absolute Gasteiger partial charge is 0.257 e. The zero-order valence-electron chi connectivity index (χ0n) is 7.37. The fourth-order valence-corrected chi connectivity index (χ4v) is 1.04. The summed E-state index contributed by atoms with van der Waals surface area (Å²) in [5.74, 6) is 0. The SMILES string of the molecule is C=CCNC(C)(C)CO[SH](=O)=O. The minimum absolute atomic E-state index is 0.138. The van der Waals surface area contributed by atoms with E-state index < -0.39 is 11.0 Å². The van der Waals surface area contributed by atoms with Crippen LogP contribution in [-0.4, -0.2) is 27.1 Å². The zero-order valence-corrected chi connectivity index (χ0v) is 8.27. The van der Waals surface area contributed by atoms with Gasteiger partial charge in [-0.15, -0.1) is 6.58 Å². The van der Waals surface area contributed by atoms with Gasteiger partial charge < -0.3 is 5.32 Å². The molecule has 1 N–H and O–H groups in total. The summed E-state index contributed by atoms with van der Waals surface area (Å²) in [6.07, 6.45) is 1.71. The van der Waals surface area contributed by atoms with E-state index in [2.05, 4.69) is 16.1 Å². The Bertz CT molecular complexity index is 203. The maximum atomic E-state index is 10.1. The van der Waals surface area contributed by atoms with Crippen LogP contribution < -0.4 is 5.32 Å². The molecule has 0 unspecified atom stereocenters. The summed E-state index contributed by atoms with van der Waals surface area (Å²) in [6, 6.07) is 0. The van der Waals surface area contributed by atoms with Gasteiger partial charge in [-0.25, -0.2) is 8.42 Å². The van der Waals surface area contributed by atoms with Crippen molar-refractivity contribution in [1.29, 1.82) is 0 Å². The van der Waals surface area contributed by atoms with Crippen molar-refractivity contribution in [2.75, 3.05) is 13.2 Å². The van der Waals surface area contributed by atoms with Crippen molar-refractivity contribution >= 4 is 11.0 Å². The molecule has 4 nitrogen and oxygen atoms in total. The molecule has 0 bridgehead atoms. The lowest BCUT2D eigenvalue weighted by molar-refractivity contribution is 0.226. The maximum absolute atomic E-state index is 10.1. The summed E-state index contributed by atoms with van der Waals surface area (Å²) in [5.41, 5.74) is -0.344. The van der Waals surface area contributed by atoms with Crippen molar-refractivity contribution in [1.82, 2.24) is 5.32 Å². The molecule has 0 fully saturated rings. The van der Waals surface area contributed by atoms with E-state index in [1.165, 1.54) is 0 Å². The summed E-state index contributed by atoms with van der Waals surface area (Å²) < 4.78 is 24.6. The van der Waals surface area contributed by atoms with Crippen LogP contribution in [0.2, 0.25) is 0 Å². The molecule has 0 heterocycles. The predicted octanol–water partition coefficient (Wildman–Crippen LogP) is 0.0836. The molecule has 0 radical (unpaired) electrons. The molecule has 0 aliphatic carbocycles. The Kier molecular flexibility index (Phi) is 5.12. The van der Waals surface area contributed by atoms with E-state index in [0.29, 0.717) is 6.54 Å². The minimum atomic E-state index is -2.75. The summed E-state index contributed by atoms with van der Waals surface area (Å²) in [5, 5.41) is 3.05. The number of nitrogens with one attached hydrogen (secondary N) is 1. The third-order valence-electron chi connectivity index (χ3n) is 1.26. The quantitative estimate of drug-likeness (QED) is 0.463. The van der Waals surface area contributed by atoms with Gasteiger partial charge >= 0.3 is 0 Å². The molecule has 0 aliphatic heterocycles. The lowest BCUT2D eigenvalue weighted by atomic mass is 10.1. The first kappa shape index (κ1) is 11.6. The van der Waals surface area contributed by atoms with Gasteiger partial charge in [-0.1, -0.05) is 6.08 Å². The molecule has 0 rings (SSSR count). The average molecular weight is 193 g/mol. The molecule has 0 saturated heterocycles. The highest BCUT2D eigenvalue weighted by molar-refractivity contribution is 7.67. The molecule has 0 saturated carbocycles. The Hall–Kier alpha value is -0.390. The van der Waals surface area contributed by atoms with Crippen LogP contribution in [-0.2, 0) is 15.2 Å². The number of hydrogen-bond donors (Lipinski definition) is 2. The van der Waals surface area contributed by atoms with Gasteiger partial charge in [0.1, 0.15) is 0 Å². The van der Waals surface area contributed by atoms with Gasteiger partial charge in [0, 0.05) is 12.1 Å². The summed E-state index contributed by atoms with van der Waals surface area (Å²) in [7, 11) is -2.75. The van der Waals surface area contributed by atoms with Crippen molar-refractivity contribution in [3.8, 4) is 0 Å². The van der Waals surface area contributed by atoms with Crippen molar-refractivity contribution in [3.05, 3.63) is 12.7 Å². The van der Waals surface area contributed by atoms with Crippen LogP contribution in [0.25, 0.3) is 0 Å². The van der Waals surface area contributed by atoms with E-state index in [-0.39, 0.29) is 12.1 Å². The van der Waals surface area contributed by atoms with Crippen LogP contribution in [0.5, 0.6) is 0 Å². The van der Waals surface area contributed by atoms with E-state index in [4.69, 9.17) is 0 Å². The van der Waals surface area contributed by atoms with Crippen LogP contribution in [0.3, 0.4) is 0 Å². The standard InChI is InChI=1S/C7H15NO3S/c1-4-5-8-7(2,3)6-11-12(9)10/h4,8,12H,1,5-6H2,2-3H3. The van der Waals surface area contributed by atoms with E-state index in [1.54, 1.807) is 6.08 Å². The van der Waals surface area contributed by atoms with Crippen molar-refractivity contribution in [3.63, 3.8) is 0 Å². The maximum Gasteiger partial charge on any atom is 0.257 e.